The van der Waals surface area contributed by atoms with Crippen LogP contribution in [0.25, 0.3) is 70.9 Å². The summed E-state index contributed by atoms with van der Waals surface area (Å²) in [4.78, 5) is 3.42. The summed E-state index contributed by atoms with van der Waals surface area (Å²) >= 11 is 3.79. The monoisotopic (exact) mass is 766 g/mol. The molecule has 2 heterocycles. The van der Waals surface area contributed by atoms with E-state index >= 15 is 0 Å². The maximum absolute atomic E-state index is 6.95. The minimum absolute atomic E-state index is 0.00532. The lowest BCUT2D eigenvalue weighted by atomic mass is 9.91. The Labute approximate surface area is 339 Å². The Kier molecular flexibility index (Phi) is 6.94. The fraction of sp³-hybridized carbons (Fsp3) is 0.0943. The van der Waals surface area contributed by atoms with Gasteiger partial charge in [-0.25, -0.2) is 0 Å². The van der Waals surface area contributed by atoms with Crippen molar-refractivity contribution in [3.8, 4) is 22.3 Å². The van der Waals surface area contributed by atoms with Crippen LogP contribution in [0.4, 0.5) is 0 Å². The summed E-state index contributed by atoms with van der Waals surface area (Å²) in [7, 11) is 0. The lowest BCUT2D eigenvalue weighted by Crippen LogP contribution is -2.26. The Morgan fingerprint density at radius 1 is 0.491 bits per heavy atom. The highest BCUT2D eigenvalue weighted by Gasteiger charge is 2.77. The third-order valence-corrected chi connectivity index (χ3v) is 15.2. The third-order valence-electron chi connectivity index (χ3n) is 12.6. The van der Waals surface area contributed by atoms with Gasteiger partial charge < -0.3 is 9.47 Å². The first-order valence-corrected chi connectivity index (χ1v) is 21.4. The number of thioether (sulfide) groups is 1. The molecule has 13 rings (SSSR count). The van der Waals surface area contributed by atoms with Gasteiger partial charge in [-0.05, 0) is 106 Å². The molecule has 2 nitrogen and oxygen atoms in total. The van der Waals surface area contributed by atoms with Crippen molar-refractivity contribution in [1.82, 2.24) is 0 Å². The molecule has 0 bridgehead atoms. The average molecular weight is 767 g/mol. The largest absolute Gasteiger partial charge is 0.361 e. The summed E-state index contributed by atoms with van der Waals surface area (Å²) in [6, 6.07) is 64.4. The number of hydrogen-bond acceptors (Lipinski definition) is 4. The molecule has 4 unspecified atom stereocenters. The second-order valence-electron chi connectivity index (χ2n) is 15.7. The Hall–Kier alpha value is -5.62. The number of hydrogen-bond donors (Lipinski definition) is 0. The van der Waals surface area contributed by atoms with Crippen LogP contribution >= 0.6 is 23.5 Å². The minimum atomic E-state index is -0.434. The number of ether oxygens (including phenoxy) is 2. The normalized spacial score (nSPS) is 21.4. The first-order valence-electron chi connectivity index (χ1n) is 19.8. The maximum Gasteiger partial charge on any atom is 0.178 e. The first-order chi connectivity index (χ1) is 28.2. The van der Waals surface area contributed by atoms with Crippen molar-refractivity contribution in [3.63, 3.8) is 0 Å². The van der Waals surface area contributed by atoms with Crippen LogP contribution in [-0.2, 0) is 15.9 Å². The van der Waals surface area contributed by atoms with Gasteiger partial charge in [0.1, 0.15) is 18.3 Å². The van der Waals surface area contributed by atoms with Gasteiger partial charge in [0, 0.05) is 14.7 Å². The Morgan fingerprint density at radius 2 is 0.965 bits per heavy atom. The summed E-state index contributed by atoms with van der Waals surface area (Å²) in [5.74, 6) is 0. The smallest absolute Gasteiger partial charge is 0.178 e. The maximum atomic E-state index is 6.95. The number of fused-ring (bicyclic) bond motifs is 11. The zero-order valence-corrected chi connectivity index (χ0v) is 32.4. The second-order valence-corrected chi connectivity index (χ2v) is 18.0. The van der Waals surface area contributed by atoms with Crippen LogP contribution < -0.4 is 0 Å². The van der Waals surface area contributed by atoms with E-state index in [-0.39, 0.29) is 18.3 Å². The zero-order valence-electron chi connectivity index (χ0n) is 30.8. The van der Waals surface area contributed by atoms with Crippen LogP contribution in [0.2, 0.25) is 0 Å². The Balaban J connectivity index is 0.875. The van der Waals surface area contributed by atoms with Crippen LogP contribution in [0.15, 0.2) is 196 Å². The SMILES string of the molecule is c1ccc(-c2c3ccccc3c(Sc3ccc4c(c3)CC3=C4C4OC4(Sc4c5ccccc5c(-c5ccccc5)c5ccccc45)C4OC34)c3ccccc23)cc1. The molecular weight excluding hydrogens is 733 g/mol. The fourth-order valence-electron chi connectivity index (χ4n) is 10.0. The van der Waals surface area contributed by atoms with Crippen molar-refractivity contribution in [2.75, 3.05) is 0 Å². The van der Waals surface area contributed by atoms with Crippen molar-refractivity contribution >= 4 is 72.2 Å². The molecular formula is C53H34O2S2. The lowest BCUT2D eigenvalue weighted by Gasteiger charge is -2.21. The standard InChI is InChI=1S/C53H34O2S2/c1-3-15-31(16-4-1)45-36-19-7-11-23-40(36)49(41-24-12-8-20-37(41)45)56-34-27-28-35-33(29-34)30-44-47(35)51-53(55-51,52-48(44)54-52)57-50-42-25-13-9-21-38(42)46(32-17-5-2-6-18-32)39-22-10-14-26-43(39)50/h1-29,48,51-52H,30H2. The van der Waals surface area contributed by atoms with Crippen molar-refractivity contribution in [2.24, 2.45) is 0 Å². The molecule has 4 aliphatic rings. The molecule has 4 heteroatoms. The van der Waals surface area contributed by atoms with Gasteiger partial charge in [0.2, 0.25) is 0 Å². The molecule has 270 valence electrons. The summed E-state index contributed by atoms with van der Waals surface area (Å²) in [6.45, 7) is 0. The number of epoxide rings is 2. The van der Waals surface area contributed by atoms with Gasteiger partial charge in [0.15, 0.2) is 4.93 Å². The summed E-state index contributed by atoms with van der Waals surface area (Å²) < 4.78 is 13.6. The highest BCUT2D eigenvalue weighted by Crippen LogP contribution is 2.70. The highest BCUT2D eigenvalue weighted by atomic mass is 32.2. The van der Waals surface area contributed by atoms with E-state index in [4.69, 9.17) is 9.47 Å². The van der Waals surface area contributed by atoms with Crippen molar-refractivity contribution < 1.29 is 9.47 Å². The summed E-state index contributed by atoms with van der Waals surface area (Å²) in [5.41, 5.74) is 10.6. The van der Waals surface area contributed by atoms with Crippen LogP contribution in [-0.4, -0.2) is 23.2 Å². The first kappa shape index (κ1) is 32.5. The summed E-state index contributed by atoms with van der Waals surface area (Å²) in [5, 5.41) is 10.2. The molecule has 0 radical (unpaired) electrons. The molecule has 0 spiro atoms. The average Bonchev–Trinajstić information content (AvgIpc) is 4.19. The van der Waals surface area contributed by atoms with E-state index in [0.717, 1.165) is 6.42 Å². The van der Waals surface area contributed by atoms with Crippen LogP contribution in [0.3, 0.4) is 0 Å². The predicted molar refractivity (Wildman–Crippen MR) is 237 cm³/mol. The van der Waals surface area contributed by atoms with Gasteiger partial charge in [-0.15, -0.1) is 0 Å². The Bertz CT molecular complexity index is 3080. The number of benzene rings is 9. The molecule has 9 aromatic rings. The molecule has 0 saturated carbocycles. The van der Waals surface area contributed by atoms with Crippen molar-refractivity contribution in [3.05, 3.63) is 193 Å². The van der Waals surface area contributed by atoms with Gasteiger partial charge in [-0.2, -0.15) is 0 Å². The third kappa shape index (κ3) is 4.76. The molecule has 57 heavy (non-hydrogen) atoms. The predicted octanol–water partition coefficient (Wildman–Crippen LogP) is 13.8. The van der Waals surface area contributed by atoms with E-state index in [0.29, 0.717) is 0 Å². The Morgan fingerprint density at radius 3 is 1.49 bits per heavy atom. The van der Waals surface area contributed by atoms with E-state index < -0.39 is 4.93 Å². The van der Waals surface area contributed by atoms with Gasteiger partial charge in [-0.1, -0.05) is 187 Å². The van der Waals surface area contributed by atoms with Crippen molar-refractivity contribution in [2.45, 2.75) is 44.4 Å². The van der Waals surface area contributed by atoms with E-state index in [1.165, 1.54) is 102 Å². The van der Waals surface area contributed by atoms with E-state index in [1.54, 1.807) is 0 Å². The van der Waals surface area contributed by atoms with E-state index in [2.05, 4.69) is 176 Å². The molecule has 4 atom stereocenters. The molecule has 2 aliphatic carbocycles. The van der Waals surface area contributed by atoms with Crippen LogP contribution in [0.5, 0.6) is 0 Å². The second kappa shape index (κ2) is 12.2. The summed E-state index contributed by atoms with van der Waals surface area (Å²) in [6.07, 6.45) is 1.09. The molecule has 0 amide bonds. The van der Waals surface area contributed by atoms with Crippen LogP contribution in [0, 0.1) is 0 Å². The minimum Gasteiger partial charge on any atom is -0.361 e. The fourth-order valence-corrected chi connectivity index (χ4v) is 12.7. The molecule has 0 aromatic heterocycles. The quantitative estimate of drug-likeness (QED) is 0.124. The molecule has 2 aliphatic heterocycles. The van der Waals surface area contributed by atoms with Gasteiger partial charge >= 0.3 is 0 Å². The van der Waals surface area contributed by atoms with E-state index in [1.807, 2.05) is 23.5 Å². The van der Waals surface area contributed by atoms with Crippen molar-refractivity contribution in [1.29, 1.82) is 0 Å². The van der Waals surface area contributed by atoms with Gasteiger partial charge in [-0.3, -0.25) is 0 Å². The van der Waals surface area contributed by atoms with Gasteiger partial charge in [0.05, 0.1) is 0 Å². The van der Waals surface area contributed by atoms with Crippen LogP contribution in [0.1, 0.15) is 11.1 Å². The topological polar surface area (TPSA) is 25.1 Å². The van der Waals surface area contributed by atoms with E-state index in [9.17, 15) is 0 Å². The number of rotatable bonds is 6. The highest BCUT2D eigenvalue weighted by molar-refractivity contribution is 8.01. The molecule has 2 fully saturated rings. The molecule has 0 N–H and O–H groups in total. The molecule has 2 saturated heterocycles. The molecule has 9 aromatic carbocycles. The lowest BCUT2D eigenvalue weighted by molar-refractivity contribution is 0.296. The van der Waals surface area contributed by atoms with Gasteiger partial charge in [0.25, 0.3) is 0 Å². The zero-order chi connectivity index (χ0) is 37.2.